The number of halogens is 2. The number of carbonyl (C=O) groups is 2. The number of ether oxygens (including phenoxy) is 2. The van der Waals surface area contributed by atoms with Gasteiger partial charge in [0, 0.05) is 50.7 Å². The number of anilines is 2. The van der Waals surface area contributed by atoms with Crippen LogP contribution in [0.4, 0.5) is 16.2 Å². The molecule has 2 aromatic rings. The molecule has 4 rings (SSSR count). The van der Waals surface area contributed by atoms with E-state index in [4.69, 9.17) is 32.7 Å². The van der Waals surface area contributed by atoms with Gasteiger partial charge in [-0.15, -0.1) is 0 Å². The van der Waals surface area contributed by atoms with Gasteiger partial charge in [0.25, 0.3) is 0 Å². The van der Waals surface area contributed by atoms with E-state index in [-0.39, 0.29) is 30.0 Å². The summed E-state index contributed by atoms with van der Waals surface area (Å²) in [5.41, 5.74) is 2.82. The van der Waals surface area contributed by atoms with Crippen LogP contribution in [0.2, 0.25) is 10.0 Å². The fourth-order valence-electron chi connectivity index (χ4n) is 6.66. The first-order chi connectivity index (χ1) is 22.4. The lowest BCUT2D eigenvalue weighted by atomic mass is 9.99. The molecule has 2 aromatic carbocycles. The summed E-state index contributed by atoms with van der Waals surface area (Å²) < 4.78 is 12.2. The molecule has 2 heterocycles. The van der Waals surface area contributed by atoms with E-state index in [1.807, 2.05) is 41.3 Å². The van der Waals surface area contributed by atoms with E-state index in [0.29, 0.717) is 35.4 Å². The van der Waals surface area contributed by atoms with Crippen molar-refractivity contribution in [2.24, 2.45) is 11.8 Å². The van der Waals surface area contributed by atoms with Gasteiger partial charge < -0.3 is 19.3 Å². The maximum Gasteiger partial charge on any atom is 0.412 e. The smallest absolute Gasteiger partial charge is 0.412 e. The molecule has 0 N–H and O–H groups in total. The number of fused-ring (bicyclic) bond motifs is 1. The maximum atomic E-state index is 13.6. The molecule has 47 heavy (non-hydrogen) atoms. The Kier molecular flexibility index (Phi) is 13.5. The largest absolute Gasteiger partial charge is 0.494 e. The summed E-state index contributed by atoms with van der Waals surface area (Å²) in [4.78, 5) is 35.1. The lowest BCUT2D eigenvalue weighted by molar-refractivity contribution is -0.120. The zero-order chi connectivity index (χ0) is 34.2. The third kappa shape index (κ3) is 9.70. The summed E-state index contributed by atoms with van der Waals surface area (Å²) in [6.45, 7) is 19.9. The topological polar surface area (TPSA) is 65.6 Å². The highest BCUT2D eigenvalue weighted by atomic mass is 35.5. The molecular formula is C37H54Cl2N4O4. The molecular weight excluding hydrogens is 635 g/mol. The number of rotatable bonds is 14. The minimum absolute atomic E-state index is 0.00501. The number of hydrogen-bond donors (Lipinski definition) is 0. The van der Waals surface area contributed by atoms with Crippen LogP contribution < -0.4 is 14.5 Å². The van der Waals surface area contributed by atoms with E-state index in [1.165, 1.54) is 0 Å². The van der Waals surface area contributed by atoms with E-state index in [2.05, 4.69) is 51.3 Å². The van der Waals surface area contributed by atoms with E-state index < -0.39 is 6.23 Å². The lowest BCUT2D eigenvalue weighted by Crippen LogP contribution is -2.51. The fourth-order valence-corrected chi connectivity index (χ4v) is 7.08. The second-order valence-corrected chi connectivity index (χ2v) is 14.7. The zero-order valence-electron chi connectivity index (χ0n) is 29.3. The molecule has 0 saturated carbocycles. The normalized spacial score (nSPS) is 17.5. The molecule has 260 valence electrons. The molecule has 0 spiro atoms. The Labute approximate surface area is 292 Å². The monoisotopic (exact) mass is 688 g/mol. The van der Waals surface area contributed by atoms with E-state index in [1.54, 1.807) is 11.8 Å². The molecule has 8 nitrogen and oxygen atoms in total. The van der Waals surface area contributed by atoms with Crippen LogP contribution in [0.1, 0.15) is 79.7 Å². The van der Waals surface area contributed by atoms with Crippen molar-refractivity contribution < 1.29 is 19.1 Å². The highest BCUT2D eigenvalue weighted by molar-refractivity contribution is 6.43. The van der Waals surface area contributed by atoms with Crippen molar-refractivity contribution in [1.29, 1.82) is 0 Å². The van der Waals surface area contributed by atoms with Gasteiger partial charge in [-0.05, 0) is 88.6 Å². The van der Waals surface area contributed by atoms with Crippen LogP contribution in [0, 0.1) is 11.8 Å². The Balaban J connectivity index is 1.29. The van der Waals surface area contributed by atoms with Crippen molar-refractivity contribution in [2.75, 3.05) is 49.1 Å². The van der Waals surface area contributed by atoms with Gasteiger partial charge >= 0.3 is 6.09 Å². The summed E-state index contributed by atoms with van der Waals surface area (Å²) in [7, 11) is 0. The molecule has 0 aromatic heterocycles. The Morgan fingerprint density at radius 3 is 2.32 bits per heavy atom. The number of benzene rings is 2. The minimum Gasteiger partial charge on any atom is -0.494 e. The summed E-state index contributed by atoms with van der Waals surface area (Å²) in [6, 6.07) is 11.8. The van der Waals surface area contributed by atoms with Gasteiger partial charge in [-0.3, -0.25) is 14.6 Å². The van der Waals surface area contributed by atoms with Gasteiger partial charge in [0.2, 0.25) is 5.91 Å². The van der Waals surface area contributed by atoms with E-state index in [9.17, 15) is 9.59 Å². The first-order valence-corrected chi connectivity index (χ1v) is 18.1. The Hall–Kier alpha value is -2.68. The molecule has 2 aliphatic rings. The van der Waals surface area contributed by atoms with Gasteiger partial charge in [-0.25, -0.2) is 4.79 Å². The molecule has 0 aliphatic carbocycles. The fraction of sp³-hybridized carbons (Fsp3) is 0.622. The molecule has 0 bridgehead atoms. The predicted molar refractivity (Wildman–Crippen MR) is 193 cm³/mol. The highest BCUT2D eigenvalue weighted by Crippen LogP contribution is 2.35. The first-order valence-electron chi connectivity index (χ1n) is 17.3. The van der Waals surface area contributed by atoms with Gasteiger partial charge in [0.15, 0.2) is 6.23 Å². The van der Waals surface area contributed by atoms with E-state index >= 15 is 0 Å². The van der Waals surface area contributed by atoms with Crippen LogP contribution >= 0.6 is 23.2 Å². The number of hydrogen-bond acceptors (Lipinski definition) is 6. The molecule has 3 atom stereocenters. The highest BCUT2D eigenvalue weighted by Gasteiger charge is 2.35. The Morgan fingerprint density at radius 1 is 0.915 bits per heavy atom. The van der Waals surface area contributed by atoms with Gasteiger partial charge in [0.1, 0.15) is 5.75 Å². The first kappa shape index (κ1) is 37.1. The lowest BCUT2D eigenvalue weighted by Gasteiger charge is -2.39. The summed E-state index contributed by atoms with van der Waals surface area (Å²) >= 11 is 12.7. The number of carbonyl (C=O) groups excluding carboxylic acids is 2. The Morgan fingerprint density at radius 2 is 1.64 bits per heavy atom. The van der Waals surface area contributed by atoms with Crippen LogP contribution in [0.15, 0.2) is 36.4 Å². The molecule has 2 amide bonds. The second kappa shape index (κ2) is 17.1. The van der Waals surface area contributed by atoms with Crippen molar-refractivity contribution in [3.05, 3.63) is 52.0 Å². The molecule has 10 heteroatoms. The van der Waals surface area contributed by atoms with E-state index in [0.717, 1.165) is 74.7 Å². The summed E-state index contributed by atoms with van der Waals surface area (Å²) in [5, 5.41) is 1.22. The number of unbranched alkanes of at least 4 members (excludes halogenated alkanes) is 1. The SMILES string of the molecule is CC(C)CC(C)N(C(=O)OC(C)N1C(=O)CCc2ccc(OCCCCN3CCN(c4cccc(Cl)c4Cl)CC3)cc21)C(C)C(C)C. The third-order valence-electron chi connectivity index (χ3n) is 9.51. The van der Waals surface area contributed by atoms with Gasteiger partial charge in [-0.2, -0.15) is 0 Å². The van der Waals surface area contributed by atoms with Crippen molar-refractivity contribution in [3.8, 4) is 5.75 Å². The summed E-state index contributed by atoms with van der Waals surface area (Å²) in [6.07, 6.45) is 2.74. The molecule has 1 fully saturated rings. The number of amides is 2. The predicted octanol–water partition coefficient (Wildman–Crippen LogP) is 8.52. The molecule has 1 saturated heterocycles. The third-order valence-corrected chi connectivity index (χ3v) is 10.3. The Bertz CT molecular complexity index is 1350. The second-order valence-electron chi connectivity index (χ2n) is 13.9. The van der Waals surface area contributed by atoms with Crippen molar-refractivity contribution >= 4 is 46.6 Å². The van der Waals surface area contributed by atoms with Crippen LogP contribution in [-0.4, -0.2) is 79.4 Å². The standard InChI is InChI=1S/C37H54Cl2N4O4/c1-25(2)23-27(5)42(28(6)26(3)4)37(45)47-29(7)43-34-24-31(15-13-30(34)14-16-35(43)44)46-22-9-8-17-40-18-20-41(21-19-40)33-12-10-11-32(38)36(33)39/h10-13,15,24-29H,8-9,14,16-23H2,1-7H3. The van der Waals surface area contributed by atoms with Crippen molar-refractivity contribution in [1.82, 2.24) is 9.80 Å². The van der Waals surface area contributed by atoms with Crippen LogP contribution in [0.25, 0.3) is 0 Å². The zero-order valence-corrected chi connectivity index (χ0v) is 30.8. The quantitative estimate of drug-likeness (QED) is 0.185. The van der Waals surface area contributed by atoms with Crippen LogP contribution in [0.3, 0.4) is 0 Å². The molecule has 0 radical (unpaired) electrons. The van der Waals surface area contributed by atoms with Crippen molar-refractivity contribution in [2.45, 2.75) is 98.9 Å². The maximum absolute atomic E-state index is 13.6. The minimum atomic E-state index is -0.743. The van der Waals surface area contributed by atoms with Crippen LogP contribution in [-0.2, 0) is 16.0 Å². The van der Waals surface area contributed by atoms with Gasteiger partial charge in [0.05, 0.1) is 28.0 Å². The number of nitrogens with zero attached hydrogens (tertiary/aromatic N) is 4. The number of piperazine rings is 1. The van der Waals surface area contributed by atoms with Crippen LogP contribution in [0.5, 0.6) is 5.75 Å². The average Bonchev–Trinajstić information content (AvgIpc) is 3.02. The number of aryl methyl sites for hydroxylation is 1. The van der Waals surface area contributed by atoms with Crippen molar-refractivity contribution in [3.63, 3.8) is 0 Å². The average molecular weight is 690 g/mol. The molecule has 2 aliphatic heterocycles. The molecule has 3 unspecified atom stereocenters. The van der Waals surface area contributed by atoms with Gasteiger partial charge in [-0.1, -0.05) is 63.0 Å². The summed E-state index contributed by atoms with van der Waals surface area (Å²) in [5.74, 6) is 1.39.